The van der Waals surface area contributed by atoms with Crippen LogP contribution < -0.4 is 5.73 Å². The number of rotatable bonds is 9. The summed E-state index contributed by atoms with van der Waals surface area (Å²) in [6, 6.07) is 0.631. The number of carbonyl (C=O) groups excluding carboxylic acids is 1. The summed E-state index contributed by atoms with van der Waals surface area (Å²) in [5.74, 6) is 2.62. The van der Waals surface area contributed by atoms with Gasteiger partial charge in [0.15, 0.2) is 0 Å². The van der Waals surface area contributed by atoms with Crippen molar-refractivity contribution in [3.05, 3.63) is 0 Å². The maximum Gasteiger partial charge on any atom is 0.225 e. The molecule has 0 spiro atoms. The molecule has 1 saturated heterocycles. The molecule has 3 unspecified atom stereocenters. The number of ether oxygens (including phenoxy) is 1. The molecule has 0 aromatic rings. The molecule has 0 aromatic heterocycles. The van der Waals surface area contributed by atoms with E-state index in [2.05, 4.69) is 4.90 Å². The van der Waals surface area contributed by atoms with E-state index in [0.717, 1.165) is 38.0 Å². The van der Waals surface area contributed by atoms with Gasteiger partial charge >= 0.3 is 0 Å². The number of amides is 1. The van der Waals surface area contributed by atoms with Crippen LogP contribution in [0.2, 0.25) is 0 Å². The number of carbonyl (C=O) groups is 1. The second-order valence-electron chi connectivity index (χ2n) is 5.85. The van der Waals surface area contributed by atoms with E-state index in [1.54, 1.807) is 7.11 Å². The Morgan fingerprint density at radius 3 is 2.75 bits per heavy atom. The van der Waals surface area contributed by atoms with Crippen LogP contribution in [0.5, 0.6) is 0 Å². The SMILES string of the molecule is COCCN(C(=O)C(C)CCCC(C)N)C1CCSC1. The van der Waals surface area contributed by atoms with Crippen molar-refractivity contribution in [1.29, 1.82) is 0 Å². The standard InChI is InChI=1S/C15H30N2O2S/c1-12(5-4-6-13(2)16)15(18)17(8-9-19-3)14-7-10-20-11-14/h12-14H,4-11,16H2,1-3H3. The molecular weight excluding hydrogens is 272 g/mol. The Labute approximate surface area is 127 Å². The van der Waals surface area contributed by atoms with Gasteiger partial charge in [-0.15, -0.1) is 0 Å². The minimum atomic E-state index is 0.0937. The first-order chi connectivity index (χ1) is 9.56. The highest BCUT2D eigenvalue weighted by molar-refractivity contribution is 7.99. The first-order valence-electron chi connectivity index (χ1n) is 7.69. The lowest BCUT2D eigenvalue weighted by molar-refractivity contribution is -0.137. The second-order valence-corrected chi connectivity index (χ2v) is 7.00. The molecule has 1 aliphatic heterocycles. The van der Waals surface area contributed by atoms with E-state index in [1.165, 1.54) is 5.75 Å². The van der Waals surface area contributed by atoms with Crippen LogP contribution in [0.3, 0.4) is 0 Å². The first kappa shape index (κ1) is 17.8. The van der Waals surface area contributed by atoms with Crippen LogP contribution in [-0.2, 0) is 9.53 Å². The topological polar surface area (TPSA) is 55.6 Å². The molecule has 0 bridgehead atoms. The summed E-state index contributed by atoms with van der Waals surface area (Å²) in [4.78, 5) is 14.7. The molecule has 4 nitrogen and oxygen atoms in total. The molecule has 1 amide bonds. The number of hydrogen-bond donors (Lipinski definition) is 1. The molecule has 1 fully saturated rings. The van der Waals surface area contributed by atoms with Crippen molar-refractivity contribution in [3.8, 4) is 0 Å². The largest absolute Gasteiger partial charge is 0.383 e. The number of nitrogens with two attached hydrogens (primary N) is 1. The Bertz CT molecular complexity index is 281. The normalized spacial score (nSPS) is 21.7. The fraction of sp³-hybridized carbons (Fsp3) is 0.933. The molecule has 0 aromatic carbocycles. The highest BCUT2D eigenvalue weighted by Gasteiger charge is 2.29. The summed E-state index contributed by atoms with van der Waals surface area (Å²) < 4.78 is 5.16. The van der Waals surface area contributed by atoms with Gasteiger partial charge in [0.05, 0.1) is 6.61 Å². The van der Waals surface area contributed by atoms with Gasteiger partial charge in [-0.05, 0) is 31.9 Å². The van der Waals surface area contributed by atoms with Gasteiger partial charge in [-0.1, -0.05) is 13.3 Å². The smallest absolute Gasteiger partial charge is 0.225 e. The molecule has 0 saturated carbocycles. The first-order valence-corrected chi connectivity index (χ1v) is 8.84. The van der Waals surface area contributed by atoms with Gasteiger partial charge in [-0.25, -0.2) is 0 Å². The van der Waals surface area contributed by atoms with Crippen molar-refractivity contribution >= 4 is 17.7 Å². The number of hydrogen-bond acceptors (Lipinski definition) is 4. The molecule has 20 heavy (non-hydrogen) atoms. The minimum Gasteiger partial charge on any atom is -0.383 e. The van der Waals surface area contributed by atoms with E-state index < -0.39 is 0 Å². The van der Waals surface area contributed by atoms with Crippen LogP contribution in [0, 0.1) is 5.92 Å². The van der Waals surface area contributed by atoms with Crippen LogP contribution in [0.15, 0.2) is 0 Å². The van der Waals surface area contributed by atoms with Gasteiger partial charge in [0, 0.05) is 37.4 Å². The Morgan fingerprint density at radius 1 is 1.45 bits per heavy atom. The molecule has 5 heteroatoms. The zero-order chi connectivity index (χ0) is 15.0. The van der Waals surface area contributed by atoms with Crippen LogP contribution in [-0.4, -0.2) is 54.7 Å². The summed E-state index contributed by atoms with van der Waals surface area (Å²) in [6.07, 6.45) is 4.08. The Hall–Kier alpha value is -0.260. The third-order valence-corrected chi connectivity index (χ3v) is 5.03. The highest BCUT2D eigenvalue weighted by Crippen LogP contribution is 2.24. The summed E-state index contributed by atoms with van der Waals surface area (Å²) in [7, 11) is 1.69. The lowest BCUT2D eigenvalue weighted by Gasteiger charge is -2.31. The molecular formula is C15H30N2O2S. The van der Waals surface area contributed by atoms with E-state index in [9.17, 15) is 4.79 Å². The van der Waals surface area contributed by atoms with Gasteiger partial charge in [-0.3, -0.25) is 4.79 Å². The highest BCUT2D eigenvalue weighted by atomic mass is 32.2. The third kappa shape index (κ3) is 6.02. The number of methoxy groups -OCH3 is 1. The Balaban J connectivity index is 2.47. The number of thioether (sulfide) groups is 1. The average molecular weight is 302 g/mol. The number of nitrogens with zero attached hydrogens (tertiary/aromatic N) is 1. The summed E-state index contributed by atoms with van der Waals surface area (Å²) in [5, 5.41) is 0. The maximum absolute atomic E-state index is 12.6. The predicted molar refractivity (Wildman–Crippen MR) is 86.0 cm³/mol. The maximum atomic E-state index is 12.6. The lowest BCUT2D eigenvalue weighted by atomic mass is 10.00. The molecule has 1 aliphatic rings. The zero-order valence-corrected chi connectivity index (χ0v) is 14.0. The zero-order valence-electron chi connectivity index (χ0n) is 13.1. The molecule has 0 radical (unpaired) electrons. The summed E-state index contributed by atoms with van der Waals surface area (Å²) >= 11 is 1.94. The van der Waals surface area contributed by atoms with Gasteiger partial charge in [0.1, 0.15) is 0 Å². The van der Waals surface area contributed by atoms with Crippen molar-refractivity contribution in [2.45, 2.75) is 51.6 Å². The average Bonchev–Trinajstić information content (AvgIpc) is 2.92. The second kappa shape index (κ2) is 9.64. The van der Waals surface area contributed by atoms with E-state index in [0.29, 0.717) is 18.6 Å². The third-order valence-electron chi connectivity index (χ3n) is 3.88. The molecule has 118 valence electrons. The Kier molecular flexibility index (Phi) is 8.57. The van der Waals surface area contributed by atoms with Crippen LogP contribution >= 0.6 is 11.8 Å². The van der Waals surface area contributed by atoms with Crippen LogP contribution in [0.25, 0.3) is 0 Å². The minimum absolute atomic E-state index is 0.0937. The van der Waals surface area contributed by atoms with Crippen molar-refractivity contribution in [2.75, 3.05) is 31.8 Å². The van der Waals surface area contributed by atoms with E-state index in [4.69, 9.17) is 10.5 Å². The molecule has 2 N–H and O–H groups in total. The van der Waals surface area contributed by atoms with Gasteiger partial charge in [0.25, 0.3) is 0 Å². The van der Waals surface area contributed by atoms with Crippen molar-refractivity contribution in [2.24, 2.45) is 11.7 Å². The van der Waals surface area contributed by atoms with Crippen LogP contribution in [0.4, 0.5) is 0 Å². The van der Waals surface area contributed by atoms with Crippen molar-refractivity contribution in [1.82, 2.24) is 4.90 Å². The van der Waals surface area contributed by atoms with Gasteiger partial charge in [-0.2, -0.15) is 11.8 Å². The van der Waals surface area contributed by atoms with Crippen LogP contribution in [0.1, 0.15) is 39.5 Å². The predicted octanol–water partition coefficient (Wildman–Crippen LogP) is 2.12. The van der Waals surface area contributed by atoms with E-state index >= 15 is 0 Å². The lowest BCUT2D eigenvalue weighted by Crippen LogP contribution is -2.45. The van der Waals surface area contributed by atoms with Gasteiger partial charge < -0.3 is 15.4 Å². The summed E-state index contributed by atoms with van der Waals surface area (Å²) in [6.45, 7) is 5.41. The van der Waals surface area contributed by atoms with Crippen molar-refractivity contribution < 1.29 is 9.53 Å². The Morgan fingerprint density at radius 2 is 2.20 bits per heavy atom. The summed E-state index contributed by atoms with van der Waals surface area (Å²) in [5.41, 5.74) is 5.77. The monoisotopic (exact) mass is 302 g/mol. The fourth-order valence-corrected chi connectivity index (χ4v) is 3.81. The van der Waals surface area contributed by atoms with Gasteiger partial charge in [0.2, 0.25) is 5.91 Å². The van der Waals surface area contributed by atoms with Crippen molar-refractivity contribution in [3.63, 3.8) is 0 Å². The fourth-order valence-electron chi connectivity index (χ4n) is 2.58. The molecule has 3 atom stereocenters. The molecule has 1 rings (SSSR count). The quantitative estimate of drug-likeness (QED) is 0.709. The molecule has 0 aliphatic carbocycles. The molecule has 1 heterocycles. The van der Waals surface area contributed by atoms with E-state index in [1.807, 2.05) is 25.6 Å². The van der Waals surface area contributed by atoms with E-state index in [-0.39, 0.29) is 12.0 Å².